The number of carbonyl (C=O) groups is 2. The summed E-state index contributed by atoms with van der Waals surface area (Å²) in [6.45, 7) is 16.4. The fraction of sp³-hybridized carbons (Fsp3) is 0.800. The lowest BCUT2D eigenvalue weighted by Gasteiger charge is -2.67. The molecule has 0 aromatic carbocycles. The molecule has 0 amide bonds. The first kappa shape index (κ1) is 23.4. The second kappa shape index (κ2) is 6.64. The van der Waals surface area contributed by atoms with Gasteiger partial charge in [-0.25, -0.2) is 0 Å². The quantitative estimate of drug-likeness (QED) is 0.452. The number of carboxylic acids is 1. The standard InChI is InChI=1S/C30H44O3/c1-25(2)14-16-30(24(32)33)17-15-28(6)19(20(30)18-25)8-9-22-27(5)12-11-23(31)26(3,4)21(27)10-13-29(22,28)7/h8-9,20-21H,10-18H2,1-7H3,(H,32,33)/t20-,21-,27-,28+,29+,30-/m0/s1. The van der Waals surface area contributed by atoms with Gasteiger partial charge in [-0.1, -0.05) is 71.8 Å². The maximum atomic E-state index is 12.9. The van der Waals surface area contributed by atoms with Crippen LogP contribution in [0, 0.1) is 44.3 Å². The summed E-state index contributed by atoms with van der Waals surface area (Å²) >= 11 is 0. The van der Waals surface area contributed by atoms with Crippen LogP contribution in [0.4, 0.5) is 0 Å². The van der Waals surface area contributed by atoms with Crippen LogP contribution in [0.5, 0.6) is 0 Å². The number of hydrogen-bond donors (Lipinski definition) is 1. The molecule has 3 nitrogen and oxygen atoms in total. The van der Waals surface area contributed by atoms with Crippen molar-refractivity contribution in [3.05, 3.63) is 23.3 Å². The highest BCUT2D eigenvalue weighted by Gasteiger charge is 2.67. The molecule has 4 saturated carbocycles. The van der Waals surface area contributed by atoms with Crippen LogP contribution >= 0.6 is 0 Å². The van der Waals surface area contributed by atoms with Crippen molar-refractivity contribution in [2.75, 3.05) is 0 Å². The highest BCUT2D eigenvalue weighted by molar-refractivity contribution is 5.86. The Balaban J connectivity index is 1.66. The van der Waals surface area contributed by atoms with Gasteiger partial charge in [0.25, 0.3) is 0 Å². The van der Waals surface area contributed by atoms with E-state index >= 15 is 0 Å². The Kier molecular flexibility index (Phi) is 4.70. The van der Waals surface area contributed by atoms with Crippen molar-refractivity contribution in [2.24, 2.45) is 44.3 Å². The van der Waals surface area contributed by atoms with E-state index < -0.39 is 11.4 Å². The third kappa shape index (κ3) is 2.74. The Labute approximate surface area is 200 Å². The third-order valence-corrected chi connectivity index (χ3v) is 12.2. The summed E-state index contributed by atoms with van der Waals surface area (Å²) in [5.74, 6) is 0.372. The lowest BCUT2D eigenvalue weighted by atomic mass is 9.36. The van der Waals surface area contributed by atoms with Gasteiger partial charge in [0, 0.05) is 11.8 Å². The molecular weight excluding hydrogens is 408 g/mol. The van der Waals surface area contributed by atoms with Gasteiger partial charge in [0.1, 0.15) is 5.78 Å². The normalized spacial score (nSPS) is 47.8. The Morgan fingerprint density at radius 2 is 1.55 bits per heavy atom. The molecule has 0 aromatic rings. The van der Waals surface area contributed by atoms with Gasteiger partial charge in [0.2, 0.25) is 0 Å². The Morgan fingerprint density at radius 3 is 2.21 bits per heavy atom. The molecule has 1 N–H and O–H groups in total. The molecule has 0 radical (unpaired) electrons. The van der Waals surface area contributed by atoms with E-state index in [0.717, 1.165) is 51.4 Å². The van der Waals surface area contributed by atoms with Gasteiger partial charge in [0.05, 0.1) is 5.41 Å². The van der Waals surface area contributed by atoms with Crippen LogP contribution in [0.25, 0.3) is 0 Å². The van der Waals surface area contributed by atoms with E-state index in [1.807, 2.05) is 0 Å². The second-order valence-corrected chi connectivity index (χ2v) is 14.4. The fourth-order valence-electron chi connectivity index (χ4n) is 9.73. The number of hydrogen-bond acceptors (Lipinski definition) is 2. The number of aliphatic carboxylic acids is 1. The fourth-order valence-corrected chi connectivity index (χ4v) is 9.73. The molecule has 182 valence electrons. The predicted molar refractivity (Wildman–Crippen MR) is 132 cm³/mol. The van der Waals surface area contributed by atoms with E-state index in [1.165, 1.54) is 5.57 Å². The highest BCUT2D eigenvalue weighted by atomic mass is 16.4. The zero-order chi connectivity index (χ0) is 24.2. The molecular formula is C30H44O3. The minimum Gasteiger partial charge on any atom is -0.481 e. The molecule has 0 unspecified atom stereocenters. The Morgan fingerprint density at radius 1 is 0.879 bits per heavy atom. The van der Waals surface area contributed by atoms with Gasteiger partial charge in [-0.3, -0.25) is 9.59 Å². The van der Waals surface area contributed by atoms with Crippen molar-refractivity contribution in [3.8, 4) is 0 Å². The van der Waals surface area contributed by atoms with Crippen LogP contribution in [0.3, 0.4) is 0 Å². The zero-order valence-corrected chi connectivity index (χ0v) is 21.9. The van der Waals surface area contributed by atoms with Gasteiger partial charge in [-0.05, 0) is 84.9 Å². The maximum absolute atomic E-state index is 12.9. The summed E-state index contributed by atoms with van der Waals surface area (Å²) < 4.78 is 0. The second-order valence-electron chi connectivity index (χ2n) is 14.4. The van der Waals surface area contributed by atoms with Crippen molar-refractivity contribution in [1.29, 1.82) is 0 Å². The minimum atomic E-state index is -0.594. The van der Waals surface area contributed by atoms with Gasteiger partial charge >= 0.3 is 5.97 Å². The molecule has 5 aliphatic carbocycles. The Hall–Kier alpha value is -1.38. The highest BCUT2D eigenvalue weighted by Crippen LogP contribution is 2.74. The average molecular weight is 453 g/mol. The summed E-state index contributed by atoms with van der Waals surface area (Å²) in [4.78, 5) is 25.6. The average Bonchev–Trinajstić information content (AvgIpc) is 2.71. The van der Waals surface area contributed by atoms with E-state index in [2.05, 4.69) is 60.6 Å². The lowest BCUT2D eigenvalue weighted by Crippen LogP contribution is -2.61. The maximum Gasteiger partial charge on any atom is 0.310 e. The number of rotatable bonds is 1. The van der Waals surface area contributed by atoms with Gasteiger partial charge in [-0.2, -0.15) is 0 Å². The smallest absolute Gasteiger partial charge is 0.310 e. The van der Waals surface area contributed by atoms with Crippen LogP contribution < -0.4 is 0 Å². The number of carboxylic acid groups (broad SMARTS) is 1. The van der Waals surface area contributed by atoms with E-state index in [4.69, 9.17) is 0 Å². The Bertz CT molecular complexity index is 983. The monoisotopic (exact) mass is 452 g/mol. The van der Waals surface area contributed by atoms with Crippen LogP contribution in [-0.4, -0.2) is 16.9 Å². The van der Waals surface area contributed by atoms with Gasteiger partial charge < -0.3 is 5.11 Å². The summed E-state index contributed by atoms with van der Waals surface area (Å²) in [6.07, 6.45) is 13.1. The molecule has 0 bridgehead atoms. The molecule has 33 heavy (non-hydrogen) atoms. The largest absolute Gasteiger partial charge is 0.481 e. The molecule has 0 heterocycles. The number of carbonyl (C=O) groups excluding carboxylic acids is 1. The van der Waals surface area contributed by atoms with Crippen LogP contribution in [-0.2, 0) is 9.59 Å². The molecule has 5 rings (SSSR count). The first-order valence-corrected chi connectivity index (χ1v) is 13.3. The van der Waals surface area contributed by atoms with E-state index in [-0.39, 0.29) is 33.0 Å². The first-order valence-electron chi connectivity index (χ1n) is 13.3. The van der Waals surface area contributed by atoms with Gasteiger partial charge in [0.15, 0.2) is 0 Å². The lowest BCUT2D eigenvalue weighted by molar-refractivity contribution is -0.163. The van der Waals surface area contributed by atoms with E-state index in [1.54, 1.807) is 5.57 Å². The zero-order valence-electron chi connectivity index (χ0n) is 21.9. The molecule has 5 aliphatic rings. The number of ketones is 1. The summed E-state index contributed by atoms with van der Waals surface area (Å²) in [7, 11) is 0. The number of fused-ring (bicyclic) bond motifs is 7. The molecule has 3 heteroatoms. The van der Waals surface area contributed by atoms with Crippen LogP contribution in [0.1, 0.15) is 106 Å². The van der Waals surface area contributed by atoms with Crippen LogP contribution in [0.2, 0.25) is 0 Å². The summed E-state index contributed by atoms with van der Waals surface area (Å²) in [5, 5.41) is 10.5. The SMILES string of the molecule is CC1(C)CC[C@]2(C(=O)O)CC[C@]3(C)C(=CC=C4[C@@]5(C)CCC(=O)C(C)(C)[C@@H]5CC[C@]43C)[C@@H]2C1. The number of allylic oxidation sites excluding steroid dienone is 4. The molecule has 0 spiro atoms. The molecule has 0 saturated heterocycles. The number of Topliss-reactive ketones (excluding diaryl/α,β-unsaturated/α-hetero) is 1. The van der Waals surface area contributed by atoms with Crippen molar-refractivity contribution in [2.45, 2.75) is 106 Å². The summed E-state index contributed by atoms with van der Waals surface area (Å²) in [5.41, 5.74) is 2.37. The first-order chi connectivity index (χ1) is 15.1. The van der Waals surface area contributed by atoms with Crippen molar-refractivity contribution >= 4 is 11.8 Å². The van der Waals surface area contributed by atoms with Crippen molar-refractivity contribution < 1.29 is 14.7 Å². The van der Waals surface area contributed by atoms with Crippen LogP contribution in [0.15, 0.2) is 23.3 Å². The van der Waals surface area contributed by atoms with E-state index in [0.29, 0.717) is 18.1 Å². The van der Waals surface area contributed by atoms with Gasteiger partial charge in [-0.15, -0.1) is 0 Å². The van der Waals surface area contributed by atoms with E-state index in [9.17, 15) is 14.7 Å². The molecule has 6 atom stereocenters. The van der Waals surface area contributed by atoms with Crippen molar-refractivity contribution in [3.63, 3.8) is 0 Å². The third-order valence-electron chi connectivity index (χ3n) is 12.2. The molecule has 4 fully saturated rings. The topological polar surface area (TPSA) is 54.4 Å². The summed E-state index contributed by atoms with van der Waals surface area (Å²) in [6, 6.07) is 0. The molecule has 0 aliphatic heterocycles. The molecule has 0 aromatic heterocycles. The van der Waals surface area contributed by atoms with Crippen molar-refractivity contribution in [1.82, 2.24) is 0 Å². The predicted octanol–water partition coefficient (Wildman–Crippen LogP) is 7.36. The minimum absolute atomic E-state index is 0.00625.